The second-order valence-corrected chi connectivity index (χ2v) is 5.15. The van der Waals surface area contributed by atoms with Crippen LogP contribution in [0.4, 0.5) is 15.8 Å². The third kappa shape index (κ3) is 3.35. The van der Waals surface area contributed by atoms with Crippen LogP contribution in [0.25, 0.3) is 0 Å². The molecule has 0 unspecified atom stereocenters. The van der Waals surface area contributed by atoms with Crippen LogP contribution in [0.5, 0.6) is 0 Å². The Morgan fingerprint density at radius 2 is 2.06 bits per heavy atom. The van der Waals surface area contributed by atoms with Crippen molar-refractivity contribution in [2.45, 2.75) is 27.2 Å². The van der Waals surface area contributed by atoms with Gasteiger partial charge in [-0.2, -0.15) is 0 Å². The van der Waals surface area contributed by atoms with Gasteiger partial charge in [-0.15, -0.1) is 0 Å². The first-order chi connectivity index (χ1) is 8.26. The lowest BCUT2D eigenvalue weighted by molar-refractivity contribution is 0.100. The molecule has 0 aliphatic rings. The van der Waals surface area contributed by atoms with Crippen LogP contribution in [0.3, 0.4) is 0 Å². The molecule has 100 valence electrons. The molecule has 5 N–H and O–H groups in total. The molecule has 18 heavy (non-hydrogen) atoms. The number of rotatable bonds is 5. The number of halogens is 1. The van der Waals surface area contributed by atoms with Gasteiger partial charge in [0, 0.05) is 12.2 Å². The van der Waals surface area contributed by atoms with E-state index in [4.69, 9.17) is 11.5 Å². The van der Waals surface area contributed by atoms with E-state index in [0.717, 1.165) is 12.5 Å². The van der Waals surface area contributed by atoms with Gasteiger partial charge in [0.15, 0.2) is 0 Å². The number of nitrogens with one attached hydrogen (secondary N) is 1. The Kier molecular flexibility index (Phi) is 4.16. The van der Waals surface area contributed by atoms with Gasteiger partial charge in [-0.3, -0.25) is 4.79 Å². The fourth-order valence-corrected chi connectivity index (χ4v) is 1.40. The van der Waals surface area contributed by atoms with Crippen LogP contribution in [0.15, 0.2) is 12.1 Å². The summed E-state index contributed by atoms with van der Waals surface area (Å²) in [4.78, 5) is 11.1. The summed E-state index contributed by atoms with van der Waals surface area (Å²) in [5.74, 6) is -1.14. The van der Waals surface area contributed by atoms with Gasteiger partial charge in [0.05, 0.1) is 11.3 Å². The third-order valence-electron chi connectivity index (χ3n) is 3.12. The monoisotopic (exact) mass is 253 g/mol. The van der Waals surface area contributed by atoms with E-state index in [2.05, 4.69) is 26.1 Å². The number of anilines is 2. The molecule has 0 radical (unpaired) electrons. The molecule has 1 aromatic rings. The Balaban J connectivity index is 2.96. The summed E-state index contributed by atoms with van der Waals surface area (Å²) in [6, 6.07) is 2.47. The lowest BCUT2D eigenvalue weighted by Gasteiger charge is -2.24. The fraction of sp³-hybridized carbons (Fsp3) is 0.462. The van der Waals surface area contributed by atoms with Gasteiger partial charge in [0.25, 0.3) is 5.91 Å². The molecule has 1 rings (SSSR count). The molecule has 5 heteroatoms. The summed E-state index contributed by atoms with van der Waals surface area (Å²) >= 11 is 0. The van der Waals surface area contributed by atoms with Crippen LogP contribution in [0.2, 0.25) is 0 Å². The summed E-state index contributed by atoms with van der Waals surface area (Å²) < 4.78 is 13.7. The maximum Gasteiger partial charge on any atom is 0.250 e. The Bertz CT molecular complexity index is 458. The molecule has 0 saturated carbocycles. The molecule has 0 heterocycles. The smallest absolute Gasteiger partial charge is 0.250 e. The van der Waals surface area contributed by atoms with Crippen molar-refractivity contribution in [3.63, 3.8) is 0 Å². The molecule has 1 aromatic carbocycles. The van der Waals surface area contributed by atoms with Crippen LogP contribution in [-0.2, 0) is 0 Å². The quantitative estimate of drug-likeness (QED) is 0.704. The second kappa shape index (κ2) is 5.25. The molecule has 1 amide bonds. The SMILES string of the molecule is CCC(C)(C)CNc1cc(C(N)=O)c(N)cc1F. The maximum atomic E-state index is 13.7. The molecule has 0 bridgehead atoms. The molecule has 0 spiro atoms. The lowest BCUT2D eigenvalue weighted by atomic mass is 9.90. The molecule has 0 aromatic heterocycles. The molecule has 0 aliphatic heterocycles. The van der Waals surface area contributed by atoms with E-state index in [1.54, 1.807) is 0 Å². The summed E-state index contributed by atoms with van der Waals surface area (Å²) in [5.41, 5.74) is 11.2. The van der Waals surface area contributed by atoms with Crippen molar-refractivity contribution in [2.24, 2.45) is 11.1 Å². The number of nitrogens with two attached hydrogens (primary N) is 2. The van der Waals surface area contributed by atoms with E-state index in [9.17, 15) is 9.18 Å². The average molecular weight is 253 g/mol. The van der Waals surface area contributed by atoms with Crippen molar-refractivity contribution in [1.82, 2.24) is 0 Å². The third-order valence-corrected chi connectivity index (χ3v) is 3.12. The average Bonchev–Trinajstić information content (AvgIpc) is 2.27. The Morgan fingerprint density at radius 3 is 2.56 bits per heavy atom. The van der Waals surface area contributed by atoms with Crippen LogP contribution >= 0.6 is 0 Å². The van der Waals surface area contributed by atoms with Crippen LogP contribution in [-0.4, -0.2) is 12.5 Å². The predicted molar refractivity (Wildman–Crippen MR) is 71.9 cm³/mol. The minimum absolute atomic E-state index is 0.0424. The molecule has 4 nitrogen and oxygen atoms in total. The first kappa shape index (κ1) is 14.3. The van der Waals surface area contributed by atoms with Gasteiger partial charge >= 0.3 is 0 Å². The number of amides is 1. The standard InChI is InChI=1S/C13H20FN3O/c1-4-13(2,3)7-17-11-5-8(12(16)18)10(15)6-9(11)14/h5-6,17H,4,7,15H2,1-3H3,(H2,16,18). The molecule has 0 fully saturated rings. The van der Waals surface area contributed by atoms with Crippen molar-refractivity contribution < 1.29 is 9.18 Å². The maximum absolute atomic E-state index is 13.7. The van der Waals surface area contributed by atoms with E-state index in [1.165, 1.54) is 6.07 Å². The Morgan fingerprint density at radius 1 is 1.44 bits per heavy atom. The summed E-state index contributed by atoms with van der Waals surface area (Å²) in [5, 5.41) is 2.99. The number of primary amides is 1. The molecular formula is C13H20FN3O. The summed E-state index contributed by atoms with van der Waals surface area (Å²) in [6.45, 7) is 6.81. The van der Waals surface area contributed by atoms with E-state index < -0.39 is 11.7 Å². The zero-order chi connectivity index (χ0) is 13.9. The summed E-state index contributed by atoms with van der Waals surface area (Å²) in [7, 11) is 0. The normalized spacial score (nSPS) is 11.3. The fourth-order valence-electron chi connectivity index (χ4n) is 1.40. The predicted octanol–water partition coefficient (Wildman–Crippen LogP) is 2.35. The van der Waals surface area contributed by atoms with Gasteiger partial charge in [-0.1, -0.05) is 20.8 Å². The number of hydrogen-bond acceptors (Lipinski definition) is 3. The number of benzene rings is 1. The van der Waals surface area contributed by atoms with Crippen molar-refractivity contribution in [1.29, 1.82) is 0 Å². The molecule has 0 atom stereocenters. The first-order valence-corrected chi connectivity index (χ1v) is 5.89. The Labute approximate surface area is 107 Å². The van der Waals surface area contributed by atoms with Gasteiger partial charge in [-0.05, 0) is 24.0 Å². The van der Waals surface area contributed by atoms with E-state index in [1.807, 2.05) is 0 Å². The number of carbonyl (C=O) groups is 1. The minimum atomic E-state index is -0.662. The Hall–Kier alpha value is -1.78. The van der Waals surface area contributed by atoms with Crippen molar-refractivity contribution in [2.75, 3.05) is 17.6 Å². The van der Waals surface area contributed by atoms with E-state index >= 15 is 0 Å². The van der Waals surface area contributed by atoms with Gasteiger partial charge in [0.2, 0.25) is 0 Å². The topological polar surface area (TPSA) is 81.1 Å². The molecule has 0 saturated heterocycles. The lowest BCUT2D eigenvalue weighted by Crippen LogP contribution is -2.23. The van der Waals surface area contributed by atoms with Crippen molar-refractivity contribution in [3.05, 3.63) is 23.5 Å². The van der Waals surface area contributed by atoms with Gasteiger partial charge in [0.1, 0.15) is 5.82 Å². The number of carbonyl (C=O) groups excluding carboxylic acids is 1. The van der Waals surface area contributed by atoms with Crippen LogP contribution in [0.1, 0.15) is 37.6 Å². The van der Waals surface area contributed by atoms with Gasteiger partial charge < -0.3 is 16.8 Å². The highest BCUT2D eigenvalue weighted by Crippen LogP contribution is 2.25. The second-order valence-electron chi connectivity index (χ2n) is 5.15. The zero-order valence-electron chi connectivity index (χ0n) is 11.0. The minimum Gasteiger partial charge on any atom is -0.398 e. The van der Waals surface area contributed by atoms with E-state index in [0.29, 0.717) is 6.54 Å². The molecular weight excluding hydrogens is 233 g/mol. The molecule has 0 aliphatic carbocycles. The van der Waals surface area contributed by atoms with Crippen LogP contribution in [0, 0.1) is 11.2 Å². The van der Waals surface area contributed by atoms with E-state index in [-0.39, 0.29) is 22.4 Å². The number of nitrogen functional groups attached to an aromatic ring is 1. The number of hydrogen-bond donors (Lipinski definition) is 3. The highest BCUT2D eigenvalue weighted by molar-refractivity contribution is 5.99. The first-order valence-electron chi connectivity index (χ1n) is 5.89. The van der Waals surface area contributed by atoms with Crippen molar-refractivity contribution in [3.8, 4) is 0 Å². The largest absolute Gasteiger partial charge is 0.398 e. The van der Waals surface area contributed by atoms with Gasteiger partial charge in [-0.25, -0.2) is 4.39 Å². The van der Waals surface area contributed by atoms with Crippen molar-refractivity contribution >= 4 is 17.3 Å². The highest BCUT2D eigenvalue weighted by atomic mass is 19.1. The summed E-state index contributed by atoms with van der Waals surface area (Å²) in [6.07, 6.45) is 0.958. The van der Waals surface area contributed by atoms with Crippen LogP contribution < -0.4 is 16.8 Å². The highest BCUT2D eigenvalue weighted by Gasteiger charge is 2.17. The zero-order valence-corrected chi connectivity index (χ0v) is 11.0.